The van der Waals surface area contributed by atoms with Crippen molar-refractivity contribution in [2.45, 2.75) is 25.5 Å². The second-order valence-electron chi connectivity index (χ2n) is 3.82. The summed E-state index contributed by atoms with van der Waals surface area (Å²) in [6.45, 7) is 0.197. The van der Waals surface area contributed by atoms with E-state index in [0.29, 0.717) is 16.5 Å². The van der Waals surface area contributed by atoms with Gasteiger partial charge in [-0.15, -0.1) is 0 Å². The summed E-state index contributed by atoms with van der Waals surface area (Å²) < 4.78 is 11.0. The number of hydrogen-bond acceptors (Lipinski definition) is 4. The van der Waals surface area contributed by atoms with E-state index in [4.69, 9.17) is 21.1 Å². The number of methoxy groups -OCH3 is 1. The van der Waals surface area contributed by atoms with Crippen LogP contribution in [-0.2, 0) is 11.3 Å². The van der Waals surface area contributed by atoms with Crippen LogP contribution in [0.15, 0.2) is 17.1 Å². The van der Waals surface area contributed by atoms with E-state index in [-0.39, 0.29) is 12.6 Å². The topological polar surface area (TPSA) is 47.9 Å². The molecule has 1 aliphatic carbocycles. The summed E-state index contributed by atoms with van der Waals surface area (Å²) in [5, 5.41) is 0.529. The predicted octanol–water partition coefficient (Wildman–Crippen LogP) is 2.73. The average molecular weight is 254 g/mol. The molecule has 0 heterocycles. The molecule has 1 aromatic rings. The molecule has 0 aromatic heterocycles. The maximum absolute atomic E-state index is 10.2. The van der Waals surface area contributed by atoms with Gasteiger partial charge in [0.2, 0.25) is 6.08 Å². The zero-order chi connectivity index (χ0) is 12.3. The third-order valence-electron chi connectivity index (χ3n) is 2.44. The van der Waals surface area contributed by atoms with Gasteiger partial charge >= 0.3 is 0 Å². The van der Waals surface area contributed by atoms with Crippen molar-refractivity contribution in [3.8, 4) is 11.5 Å². The fraction of sp³-hybridized carbons (Fsp3) is 0.417. The first-order valence-corrected chi connectivity index (χ1v) is 5.69. The number of halogens is 1. The first-order chi connectivity index (χ1) is 8.24. The van der Waals surface area contributed by atoms with Gasteiger partial charge in [0.1, 0.15) is 0 Å². The Morgan fingerprint density at radius 1 is 1.53 bits per heavy atom. The molecule has 0 saturated heterocycles. The molecule has 1 saturated carbocycles. The van der Waals surface area contributed by atoms with Gasteiger partial charge in [-0.05, 0) is 18.9 Å². The van der Waals surface area contributed by atoms with E-state index >= 15 is 0 Å². The molecule has 0 N–H and O–H groups in total. The molecule has 1 aromatic carbocycles. The standard InChI is InChI=1S/C12H12ClNO3/c1-16-11-5-9(13)4-8(6-14-7-15)12(11)17-10-2-3-10/h4-5,10H,2-3,6H2,1H3. The van der Waals surface area contributed by atoms with Gasteiger partial charge in [-0.2, -0.15) is 0 Å². The minimum atomic E-state index is 0.197. The van der Waals surface area contributed by atoms with Crippen LogP contribution in [0.5, 0.6) is 11.5 Å². The van der Waals surface area contributed by atoms with Crippen molar-refractivity contribution in [2.75, 3.05) is 7.11 Å². The van der Waals surface area contributed by atoms with Gasteiger partial charge in [-0.1, -0.05) is 11.6 Å². The van der Waals surface area contributed by atoms with Crippen LogP contribution in [0.1, 0.15) is 18.4 Å². The minimum absolute atomic E-state index is 0.197. The maximum atomic E-state index is 10.2. The van der Waals surface area contributed by atoms with Crippen molar-refractivity contribution in [1.29, 1.82) is 0 Å². The monoisotopic (exact) mass is 253 g/mol. The lowest BCUT2D eigenvalue weighted by Gasteiger charge is -2.14. The number of aliphatic imine (C=N–C) groups is 1. The molecule has 0 aliphatic heterocycles. The van der Waals surface area contributed by atoms with Gasteiger partial charge in [0.25, 0.3) is 0 Å². The Balaban J connectivity index is 2.36. The van der Waals surface area contributed by atoms with Crippen LogP contribution >= 0.6 is 11.6 Å². The van der Waals surface area contributed by atoms with Gasteiger partial charge in [0.05, 0.1) is 19.8 Å². The lowest BCUT2D eigenvalue weighted by molar-refractivity contribution is 0.279. The second kappa shape index (κ2) is 5.21. The van der Waals surface area contributed by atoms with Crippen molar-refractivity contribution < 1.29 is 14.3 Å². The molecule has 0 spiro atoms. The van der Waals surface area contributed by atoms with E-state index in [1.807, 2.05) is 0 Å². The molecule has 17 heavy (non-hydrogen) atoms. The fourth-order valence-corrected chi connectivity index (χ4v) is 1.73. The Hall–Kier alpha value is -1.51. The maximum Gasteiger partial charge on any atom is 0.235 e. The molecule has 1 aliphatic rings. The first-order valence-electron chi connectivity index (χ1n) is 5.31. The van der Waals surface area contributed by atoms with Crippen LogP contribution in [0, 0.1) is 0 Å². The predicted molar refractivity (Wildman–Crippen MR) is 63.5 cm³/mol. The zero-order valence-electron chi connectivity index (χ0n) is 9.40. The molecule has 0 atom stereocenters. The van der Waals surface area contributed by atoms with Crippen LogP contribution in [0.4, 0.5) is 0 Å². The number of hydrogen-bond donors (Lipinski definition) is 0. The molecular formula is C12H12ClNO3. The summed E-state index contributed by atoms with van der Waals surface area (Å²) in [5.41, 5.74) is 0.740. The number of isocyanates is 1. The Bertz CT molecular complexity index is 465. The summed E-state index contributed by atoms with van der Waals surface area (Å²) in [7, 11) is 1.55. The van der Waals surface area contributed by atoms with Gasteiger partial charge < -0.3 is 9.47 Å². The highest BCUT2D eigenvalue weighted by atomic mass is 35.5. The smallest absolute Gasteiger partial charge is 0.235 e. The number of carbonyl (C=O) groups excluding carboxylic acids is 1. The number of ether oxygens (including phenoxy) is 2. The van der Waals surface area contributed by atoms with Gasteiger partial charge in [-0.3, -0.25) is 0 Å². The molecule has 0 radical (unpaired) electrons. The summed E-state index contributed by atoms with van der Waals surface area (Å²) in [4.78, 5) is 13.7. The van der Waals surface area contributed by atoms with Gasteiger partial charge in [0.15, 0.2) is 11.5 Å². The van der Waals surface area contributed by atoms with Crippen molar-refractivity contribution in [3.63, 3.8) is 0 Å². The average Bonchev–Trinajstić information content (AvgIpc) is 3.12. The Morgan fingerprint density at radius 2 is 2.29 bits per heavy atom. The van der Waals surface area contributed by atoms with E-state index in [1.54, 1.807) is 19.2 Å². The Labute approximate surface area is 104 Å². The lowest BCUT2D eigenvalue weighted by atomic mass is 10.2. The fourth-order valence-electron chi connectivity index (χ4n) is 1.50. The Kier molecular flexibility index (Phi) is 3.67. The molecular weight excluding hydrogens is 242 g/mol. The third-order valence-corrected chi connectivity index (χ3v) is 2.66. The molecule has 1 fully saturated rings. The molecule has 2 rings (SSSR count). The highest BCUT2D eigenvalue weighted by molar-refractivity contribution is 6.30. The lowest BCUT2D eigenvalue weighted by Crippen LogP contribution is -2.02. The highest BCUT2D eigenvalue weighted by Crippen LogP contribution is 2.39. The van der Waals surface area contributed by atoms with Crippen molar-refractivity contribution in [2.24, 2.45) is 4.99 Å². The molecule has 0 unspecified atom stereocenters. The largest absolute Gasteiger partial charge is 0.493 e. The van der Waals surface area contributed by atoms with Crippen LogP contribution in [0.25, 0.3) is 0 Å². The molecule has 0 bridgehead atoms. The van der Waals surface area contributed by atoms with Gasteiger partial charge in [0, 0.05) is 16.7 Å². The zero-order valence-corrected chi connectivity index (χ0v) is 10.2. The molecule has 0 amide bonds. The van der Waals surface area contributed by atoms with E-state index in [1.165, 1.54) is 6.08 Å². The quantitative estimate of drug-likeness (QED) is 0.599. The minimum Gasteiger partial charge on any atom is -0.493 e. The molecule has 90 valence electrons. The second-order valence-corrected chi connectivity index (χ2v) is 4.26. The van der Waals surface area contributed by atoms with E-state index in [2.05, 4.69) is 4.99 Å². The summed E-state index contributed by atoms with van der Waals surface area (Å²) in [6.07, 6.45) is 3.83. The SMILES string of the molecule is COc1cc(Cl)cc(CN=C=O)c1OC1CC1. The first kappa shape index (κ1) is 12.0. The number of benzene rings is 1. The summed E-state index contributed by atoms with van der Waals surface area (Å²) in [5.74, 6) is 1.19. The highest BCUT2D eigenvalue weighted by Gasteiger charge is 2.26. The van der Waals surface area contributed by atoms with E-state index in [9.17, 15) is 4.79 Å². The van der Waals surface area contributed by atoms with E-state index < -0.39 is 0 Å². The summed E-state index contributed by atoms with van der Waals surface area (Å²) >= 11 is 5.96. The number of nitrogens with zero attached hydrogens (tertiary/aromatic N) is 1. The normalized spacial score (nSPS) is 14.0. The van der Waals surface area contributed by atoms with E-state index in [0.717, 1.165) is 18.4 Å². The van der Waals surface area contributed by atoms with Crippen molar-refractivity contribution >= 4 is 17.7 Å². The number of rotatable bonds is 5. The van der Waals surface area contributed by atoms with Crippen molar-refractivity contribution in [1.82, 2.24) is 0 Å². The van der Waals surface area contributed by atoms with Crippen LogP contribution < -0.4 is 9.47 Å². The van der Waals surface area contributed by atoms with Gasteiger partial charge in [-0.25, -0.2) is 9.79 Å². The van der Waals surface area contributed by atoms with Crippen molar-refractivity contribution in [3.05, 3.63) is 22.7 Å². The Morgan fingerprint density at radius 3 is 2.88 bits per heavy atom. The summed E-state index contributed by atoms with van der Waals surface area (Å²) in [6, 6.07) is 3.41. The molecule has 5 heteroatoms. The van der Waals surface area contributed by atoms with Crippen LogP contribution in [-0.4, -0.2) is 19.3 Å². The van der Waals surface area contributed by atoms with Crippen LogP contribution in [0.3, 0.4) is 0 Å². The molecule has 4 nitrogen and oxygen atoms in total. The third kappa shape index (κ3) is 2.99. The van der Waals surface area contributed by atoms with Crippen LogP contribution in [0.2, 0.25) is 5.02 Å².